The third kappa shape index (κ3) is 5.43. The average Bonchev–Trinajstić information content (AvgIpc) is 2.48. The van der Waals surface area contributed by atoms with Gasteiger partial charge in [-0.25, -0.2) is 13.1 Å². The summed E-state index contributed by atoms with van der Waals surface area (Å²) < 4.78 is 25.8. The van der Waals surface area contributed by atoms with E-state index in [0.717, 1.165) is 37.7 Å². The van der Waals surface area contributed by atoms with Crippen LogP contribution in [0.15, 0.2) is 24.3 Å². The van der Waals surface area contributed by atoms with Crippen molar-refractivity contribution < 1.29 is 8.42 Å². The largest absolute Gasteiger partial charge is 0.369 e. The number of nitrogens with one attached hydrogen (secondary N) is 1. The Morgan fingerprint density at radius 3 is 2.36 bits per heavy atom. The van der Waals surface area contributed by atoms with Crippen LogP contribution in [0.1, 0.15) is 13.3 Å². The van der Waals surface area contributed by atoms with Gasteiger partial charge in [-0.2, -0.15) is 0 Å². The lowest BCUT2D eigenvalue weighted by Crippen LogP contribution is -2.48. The van der Waals surface area contributed by atoms with E-state index < -0.39 is 10.0 Å². The summed E-state index contributed by atoms with van der Waals surface area (Å²) in [6.07, 6.45) is 0.648. The summed E-state index contributed by atoms with van der Waals surface area (Å²) in [6, 6.07) is 7.89. The van der Waals surface area contributed by atoms with Crippen molar-refractivity contribution in [3.63, 3.8) is 0 Å². The fraction of sp³-hybridized carbons (Fsp3) is 0.600. The SMILES string of the molecule is CCCS(=O)(=O)NCCN1CCN(c2ccc(Cl)cc2)CC1. The minimum Gasteiger partial charge on any atom is -0.369 e. The molecule has 1 aromatic rings. The van der Waals surface area contributed by atoms with Crippen LogP contribution in [-0.2, 0) is 10.0 Å². The van der Waals surface area contributed by atoms with Gasteiger partial charge in [0.25, 0.3) is 0 Å². The van der Waals surface area contributed by atoms with Crippen LogP contribution in [-0.4, -0.2) is 58.3 Å². The number of piperazine rings is 1. The number of hydrogen-bond donors (Lipinski definition) is 1. The van der Waals surface area contributed by atoms with Crippen molar-refractivity contribution >= 4 is 27.3 Å². The Morgan fingerprint density at radius 1 is 1.14 bits per heavy atom. The molecule has 0 atom stereocenters. The van der Waals surface area contributed by atoms with Gasteiger partial charge in [-0.05, 0) is 30.7 Å². The van der Waals surface area contributed by atoms with E-state index >= 15 is 0 Å². The van der Waals surface area contributed by atoms with Crippen molar-refractivity contribution in [2.75, 3.05) is 49.9 Å². The molecule has 1 heterocycles. The van der Waals surface area contributed by atoms with E-state index in [2.05, 4.69) is 14.5 Å². The van der Waals surface area contributed by atoms with Crippen LogP contribution in [0.25, 0.3) is 0 Å². The van der Waals surface area contributed by atoms with Crippen molar-refractivity contribution in [2.24, 2.45) is 0 Å². The number of benzene rings is 1. The summed E-state index contributed by atoms with van der Waals surface area (Å²) in [5.41, 5.74) is 1.19. The predicted molar refractivity (Wildman–Crippen MR) is 92.2 cm³/mol. The number of nitrogens with zero attached hydrogens (tertiary/aromatic N) is 2. The second-order valence-electron chi connectivity index (χ2n) is 5.52. The Hall–Kier alpha value is -0.820. The van der Waals surface area contributed by atoms with Gasteiger partial charge in [0.2, 0.25) is 10.0 Å². The average molecular weight is 346 g/mol. The lowest BCUT2D eigenvalue weighted by molar-refractivity contribution is 0.262. The third-order valence-corrected chi connectivity index (χ3v) is 5.63. The van der Waals surface area contributed by atoms with Gasteiger partial charge in [0.05, 0.1) is 5.75 Å². The van der Waals surface area contributed by atoms with E-state index in [4.69, 9.17) is 11.6 Å². The molecule has 0 spiro atoms. The molecule has 1 N–H and O–H groups in total. The fourth-order valence-electron chi connectivity index (χ4n) is 2.58. The van der Waals surface area contributed by atoms with Gasteiger partial charge >= 0.3 is 0 Å². The molecular formula is C15H24ClN3O2S. The zero-order valence-corrected chi connectivity index (χ0v) is 14.5. The van der Waals surface area contributed by atoms with Gasteiger partial charge in [0, 0.05) is 50.0 Å². The molecule has 0 aliphatic carbocycles. The van der Waals surface area contributed by atoms with Crippen LogP contribution in [0.4, 0.5) is 5.69 Å². The molecule has 22 heavy (non-hydrogen) atoms. The Balaban J connectivity index is 1.72. The van der Waals surface area contributed by atoms with E-state index in [9.17, 15) is 8.42 Å². The Labute approximate surface area is 138 Å². The Bertz CT molecular complexity index is 555. The fourth-order valence-corrected chi connectivity index (χ4v) is 3.79. The van der Waals surface area contributed by atoms with Crippen LogP contribution in [0, 0.1) is 0 Å². The molecule has 1 fully saturated rings. The minimum absolute atomic E-state index is 0.206. The number of anilines is 1. The van der Waals surface area contributed by atoms with Crippen molar-refractivity contribution in [1.29, 1.82) is 0 Å². The molecule has 0 bridgehead atoms. The number of rotatable bonds is 7. The summed E-state index contributed by atoms with van der Waals surface area (Å²) in [6.45, 7) is 6.90. The molecule has 1 aromatic carbocycles. The Kier molecular flexibility index (Phi) is 6.50. The molecule has 0 radical (unpaired) electrons. The summed E-state index contributed by atoms with van der Waals surface area (Å²) >= 11 is 5.91. The molecule has 0 amide bonds. The lowest BCUT2D eigenvalue weighted by Gasteiger charge is -2.36. The van der Waals surface area contributed by atoms with Crippen molar-refractivity contribution in [1.82, 2.24) is 9.62 Å². The van der Waals surface area contributed by atoms with Crippen LogP contribution in [0.3, 0.4) is 0 Å². The highest BCUT2D eigenvalue weighted by molar-refractivity contribution is 7.89. The third-order valence-electron chi connectivity index (χ3n) is 3.79. The molecule has 1 aliphatic heterocycles. The van der Waals surface area contributed by atoms with Crippen molar-refractivity contribution in [3.8, 4) is 0 Å². The van der Waals surface area contributed by atoms with E-state index in [1.54, 1.807) is 0 Å². The first-order valence-corrected chi connectivity index (χ1v) is 9.73. The highest BCUT2D eigenvalue weighted by atomic mass is 35.5. The first-order valence-electron chi connectivity index (χ1n) is 7.70. The molecule has 0 unspecified atom stereocenters. The molecule has 7 heteroatoms. The quantitative estimate of drug-likeness (QED) is 0.818. The van der Waals surface area contributed by atoms with Gasteiger partial charge < -0.3 is 4.90 Å². The predicted octanol–water partition coefficient (Wildman–Crippen LogP) is 1.79. The molecule has 0 saturated carbocycles. The molecule has 5 nitrogen and oxygen atoms in total. The zero-order valence-electron chi connectivity index (χ0n) is 13.0. The minimum atomic E-state index is -3.09. The van der Waals surface area contributed by atoms with E-state index in [1.807, 2.05) is 31.2 Å². The standard InChI is InChI=1S/C15H24ClN3O2S/c1-2-13-22(20,21)17-7-8-18-9-11-19(12-10-18)15-5-3-14(16)4-6-15/h3-6,17H,2,7-13H2,1H3. The van der Waals surface area contributed by atoms with Gasteiger partial charge in [0.15, 0.2) is 0 Å². The molecule has 2 rings (SSSR count). The summed E-state index contributed by atoms with van der Waals surface area (Å²) in [5.74, 6) is 0.206. The molecular weight excluding hydrogens is 322 g/mol. The smallest absolute Gasteiger partial charge is 0.211 e. The van der Waals surface area contributed by atoms with Crippen LogP contribution >= 0.6 is 11.6 Å². The highest BCUT2D eigenvalue weighted by Gasteiger charge is 2.17. The number of hydrogen-bond acceptors (Lipinski definition) is 4. The maximum atomic E-state index is 11.6. The Morgan fingerprint density at radius 2 is 1.77 bits per heavy atom. The number of sulfonamides is 1. The molecule has 1 aliphatic rings. The van der Waals surface area contributed by atoms with Crippen molar-refractivity contribution in [2.45, 2.75) is 13.3 Å². The second-order valence-corrected chi connectivity index (χ2v) is 7.88. The van der Waals surface area contributed by atoms with Gasteiger partial charge in [0.1, 0.15) is 0 Å². The highest BCUT2D eigenvalue weighted by Crippen LogP contribution is 2.19. The molecule has 124 valence electrons. The summed E-state index contributed by atoms with van der Waals surface area (Å²) in [4.78, 5) is 4.62. The first kappa shape index (κ1) is 17.5. The van der Waals surface area contributed by atoms with Crippen LogP contribution in [0.5, 0.6) is 0 Å². The van der Waals surface area contributed by atoms with Crippen molar-refractivity contribution in [3.05, 3.63) is 29.3 Å². The maximum absolute atomic E-state index is 11.6. The van der Waals surface area contributed by atoms with E-state index in [1.165, 1.54) is 5.69 Å². The summed E-state index contributed by atoms with van der Waals surface area (Å²) in [7, 11) is -3.09. The van der Waals surface area contributed by atoms with Crippen LogP contribution < -0.4 is 9.62 Å². The maximum Gasteiger partial charge on any atom is 0.211 e. The zero-order chi connectivity index (χ0) is 16.0. The van der Waals surface area contributed by atoms with Crippen LogP contribution in [0.2, 0.25) is 5.02 Å². The first-order chi connectivity index (χ1) is 10.5. The molecule has 0 aromatic heterocycles. The molecule has 1 saturated heterocycles. The van der Waals surface area contributed by atoms with E-state index in [-0.39, 0.29) is 5.75 Å². The number of halogens is 1. The van der Waals surface area contributed by atoms with Gasteiger partial charge in [-0.15, -0.1) is 0 Å². The van der Waals surface area contributed by atoms with Gasteiger partial charge in [-0.1, -0.05) is 18.5 Å². The monoisotopic (exact) mass is 345 g/mol. The summed E-state index contributed by atoms with van der Waals surface area (Å²) in [5, 5.41) is 0.752. The topological polar surface area (TPSA) is 52.7 Å². The lowest BCUT2D eigenvalue weighted by atomic mass is 10.2. The van der Waals surface area contributed by atoms with Gasteiger partial charge in [-0.3, -0.25) is 4.90 Å². The normalized spacial score (nSPS) is 16.9. The van der Waals surface area contributed by atoms with E-state index in [0.29, 0.717) is 13.0 Å². The second kappa shape index (κ2) is 8.15.